The van der Waals surface area contributed by atoms with Crippen molar-refractivity contribution in [3.8, 4) is 0 Å². The predicted octanol–water partition coefficient (Wildman–Crippen LogP) is 4.10. The molecule has 0 radical (unpaired) electrons. The summed E-state index contributed by atoms with van der Waals surface area (Å²) in [5, 5.41) is 6.39. The van der Waals surface area contributed by atoms with Gasteiger partial charge in [0.1, 0.15) is 11.7 Å². The average Bonchev–Trinajstić information content (AvgIpc) is 3.33. The topological polar surface area (TPSA) is 82.6 Å². The van der Waals surface area contributed by atoms with E-state index in [0.717, 1.165) is 44.5 Å². The Morgan fingerprint density at radius 1 is 1.21 bits per heavy atom. The molecule has 2 N–H and O–H groups in total. The molecule has 8 nitrogen and oxygen atoms in total. The lowest BCUT2D eigenvalue weighted by Crippen LogP contribution is -2.51. The highest BCUT2D eigenvalue weighted by Gasteiger charge is 2.38. The Labute approximate surface area is 221 Å². The van der Waals surface area contributed by atoms with Gasteiger partial charge in [0.05, 0.1) is 12.3 Å². The highest BCUT2D eigenvalue weighted by atomic mass is 19.2. The van der Waals surface area contributed by atoms with Crippen molar-refractivity contribution in [3.05, 3.63) is 40.8 Å². The lowest BCUT2D eigenvalue weighted by Gasteiger charge is -2.44. The Morgan fingerprint density at radius 2 is 1.92 bits per heavy atom. The van der Waals surface area contributed by atoms with Crippen molar-refractivity contribution in [2.45, 2.75) is 64.7 Å². The number of aromatic nitrogens is 2. The molecule has 1 aromatic carbocycles. The molecule has 0 bridgehead atoms. The van der Waals surface area contributed by atoms with Crippen molar-refractivity contribution < 1.29 is 22.7 Å². The second-order valence-electron chi connectivity index (χ2n) is 11.1. The Hall–Kier alpha value is -2.92. The van der Waals surface area contributed by atoms with Crippen molar-refractivity contribution >= 4 is 23.4 Å². The van der Waals surface area contributed by atoms with E-state index in [-0.39, 0.29) is 30.0 Å². The number of anilines is 3. The van der Waals surface area contributed by atoms with Gasteiger partial charge in [-0.3, -0.25) is 9.69 Å². The number of amides is 1. The van der Waals surface area contributed by atoms with Gasteiger partial charge in [-0.1, -0.05) is 13.8 Å². The normalized spacial score (nSPS) is 25.0. The van der Waals surface area contributed by atoms with Crippen molar-refractivity contribution in [3.63, 3.8) is 0 Å². The fourth-order valence-corrected chi connectivity index (χ4v) is 5.80. The Morgan fingerprint density at radius 3 is 2.55 bits per heavy atom. The van der Waals surface area contributed by atoms with E-state index in [1.165, 1.54) is 0 Å². The number of ether oxygens (including phenoxy) is 1. The Bertz CT molecular complexity index is 1180. The van der Waals surface area contributed by atoms with Gasteiger partial charge in [0.15, 0.2) is 23.3 Å². The fraction of sp³-hybridized carbons (Fsp3) is 0.593. The number of hydrogen-bond donors (Lipinski definition) is 2. The molecule has 2 unspecified atom stereocenters. The number of rotatable bonds is 8. The smallest absolute Gasteiger partial charge is 0.247 e. The quantitative estimate of drug-likeness (QED) is 0.496. The van der Waals surface area contributed by atoms with Gasteiger partial charge in [-0.15, -0.1) is 0 Å². The number of nitrogens with one attached hydrogen (secondary N) is 2. The maximum Gasteiger partial charge on any atom is 0.247 e. The summed E-state index contributed by atoms with van der Waals surface area (Å²) < 4.78 is 46.7. The molecule has 2 aromatic rings. The molecular weight excluding hydrogens is 497 g/mol. The van der Waals surface area contributed by atoms with Crippen molar-refractivity contribution in [1.29, 1.82) is 0 Å². The van der Waals surface area contributed by atoms with E-state index in [2.05, 4.69) is 20.5 Å². The summed E-state index contributed by atoms with van der Waals surface area (Å²) in [6.07, 6.45) is 2.56. The number of carbonyl (C=O) groups is 1. The first-order chi connectivity index (χ1) is 18.1. The van der Waals surface area contributed by atoms with Crippen LogP contribution in [0.2, 0.25) is 0 Å². The van der Waals surface area contributed by atoms with Gasteiger partial charge in [0.2, 0.25) is 11.9 Å². The summed E-state index contributed by atoms with van der Waals surface area (Å²) in [6.45, 7) is 8.32. The largest absolute Gasteiger partial charge is 0.381 e. The summed E-state index contributed by atoms with van der Waals surface area (Å²) in [5.74, 6) is -2.17. The van der Waals surface area contributed by atoms with Crippen LogP contribution in [0.1, 0.15) is 44.4 Å². The molecular formula is C27H35F3N6O2. The average molecular weight is 533 g/mol. The van der Waals surface area contributed by atoms with Crippen LogP contribution in [-0.4, -0.2) is 65.7 Å². The van der Waals surface area contributed by atoms with E-state index in [9.17, 15) is 18.0 Å². The molecule has 1 amide bonds. The lowest BCUT2D eigenvalue weighted by molar-refractivity contribution is -0.118. The summed E-state index contributed by atoms with van der Waals surface area (Å²) in [7, 11) is 1.88. The molecule has 1 aliphatic carbocycles. The van der Waals surface area contributed by atoms with Crippen LogP contribution >= 0.6 is 0 Å². The number of fused-ring (bicyclic) bond motifs is 1. The van der Waals surface area contributed by atoms with Crippen LogP contribution in [0.25, 0.3) is 0 Å². The summed E-state index contributed by atoms with van der Waals surface area (Å²) in [6, 6.07) is 2.16. The van der Waals surface area contributed by atoms with Crippen LogP contribution in [-0.2, 0) is 16.1 Å². The summed E-state index contributed by atoms with van der Waals surface area (Å²) >= 11 is 0. The summed E-state index contributed by atoms with van der Waals surface area (Å²) in [5.41, 5.74) is 1.74. The molecule has 1 aromatic heterocycles. The third kappa shape index (κ3) is 5.31. The zero-order valence-electron chi connectivity index (χ0n) is 22.2. The van der Waals surface area contributed by atoms with E-state index in [1.807, 2.05) is 32.7 Å². The molecule has 2 aliphatic heterocycles. The highest BCUT2D eigenvalue weighted by Crippen LogP contribution is 2.36. The van der Waals surface area contributed by atoms with Crippen LogP contribution < -0.4 is 15.5 Å². The SMILES string of the molecule is Cc1nc(NC2CC(N(Cc3cc(F)c(F)c(F)c3)CC3CCOC3)C2)nc2c1NC(=O)C(C(C)C)N2C. The van der Waals surface area contributed by atoms with Crippen molar-refractivity contribution in [1.82, 2.24) is 14.9 Å². The minimum absolute atomic E-state index is 0.0575. The van der Waals surface area contributed by atoms with Crippen molar-refractivity contribution in [2.24, 2.45) is 11.8 Å². The lowest BCUT2D eigenvalue weighted by atomic mass is 9.84. The number of benzene rings is 1. The second-order valence-corrected chi connectivity index (χ2v) is 11.1. The first kappa shape index (κ1) is 26.7. The third-order valence-corrected chi connectivity index (χ3v) is 7.88. The molecule has 11 heteroatoms. The van der Waals surface area contributed by atoms with Gasteiger partial charge in [-0.2, -0.15) is 4.98 Å². The number of hydrogen-bond acceptors (Lipinski definition) is 7. The van der Waals surface area contributed by atoms with Gasteiger partial charge >= 0.3 is 0 Å². The van der Waals surface area contributed by atoms with Crippen LogP contribution in [0, 0.1) is 36.2 Å². The predicted molar refractivity (Wildman–Crippen MR) is 139 cm³/mol. The first-order valence-electron chi connectivity index (χ1n) is 13.2. The number of likely N-dealkylation sites (N-methyl/N-ethyl adjacent to an activating group) is 1. The molecule has 3 heterocycles. The van der Waals surface area contributed by atoms with E-state index in [0.29, 0.717) is 47.8 Å². The zero-order valence-corrected chi connectivity index (χ0v) is 22.2. The Balaban J connectivity index is 1.27. The van der Waals surface area contributed by atoms with E-state index >= 15 is 0 Å². The number of halogens is 3. The minimum Gasteiger partial charge on any atom is -0.381 e. The van der Waals surface area contributed by atoms with E-state index < -0.39 is 17.5 Å². The zero-order chi connectivity index (χ0) is 27.1. The summed E-state index contributed by atoms with van der Waals surface area (Å²) in [4.78, 5) is 26.0. The van der Waals surface area contributed by atoms with Crippen LogP contribution in [0.5, 0.6) is 0 Å². The second kappa shape index (κ2) is 10.7. The van der Waals surface area contributed by atoms with E-state index in [1.54, 1.807) is 0 Å². The Kier molecular flexibility index (Phi) is 7.50. The molecule has 38 heavy (non-hydrogen) atoms. The van der Waals surface area contributed by atoms with E-state index in [4.69, 9.17) is 9.72 Å². The standard InChI is InChI=1S/C27H35F3N6O2/c1-14(2)24-26(37)33-23-15(3)31-27(34-25(23)35(24)4)32-18-9-19(10-18)36(11-16-5-6-38-13-16)12-17-7-20(28)22(30)21(29)8-17/h7-8,14,16,18-19,24H,5-6,9-13H2,1-4H3,(H,33,37)(H,31,32,34). The van der Waals surface area contributed by atoms with Crippen molar-refractivity contribution in [2.75, 3.05) is 42.3 Å². The van der Waals surface area contributed by atoms with Gasteiger partial charge in [-0.05, 0) is 55.7 Å². The number of carbonyl (C=O) groups excluding carboxylic acids is 1. The third-order valence-electron chi connectivity index (χ3n) is 7.88. The van der Waals surface area contributed by atoms with Gasteiger partial charge in [0, 0.05) is 38.8 Å². The van der Waals surface area contributed by atoms with Crippen LogP contribution in [0.15, 0.2) is 12.1 Å². The fourth-order valence-electron chi connectivity index (χ4n) is 5.80. The molecule has 5 rings (SSSR count). The molecule has 1 saturated heterocycles. The van der Waals surface area contributed by atoms with Gasteiger partial charge in [0.25, 0.3) is 0 Å². The number of aryl methyl sites for hydroxylation is 1. The number of nitrogens with zero attached hydrogens (tertiary/aromatic N) is 4. The molecule has 2 atom stereocenters. The maximum absolute atomic E-state index is 13.9. The first-order valence-corrected chi connectivity index (χ1v) is 13.2. The molecule has 206 valence electrons. The van der Waals surface area contributed by atoms with Crippen LogP contribution in [0.3, 0.4) is 0 Å². The molecule has 2 fully saturated rings. The van der Waals surface area contributed by atoms with Crippen LogP contribution in [0.4, 0.5) is 30.6 Å². The minimum atomic E-state index is -1.44. The maximum atomic E-state index is 13.9. The van der Waals surface area contributed by atoms with Gasteiger partial charge < -0.3 is 20.3 Å². The monoisotopic (exact) mass is 532 g/mol. The molecule has 3 aliphatic rings. The molecule has 0 spiro atoms. The molecule has 1 saturated carbocycles. The highest BCUT2D eigenvalue weighted by molar-refractivity contribution is 6.03. The van der Waals surface area contributed by atoms with Gasteiger partial charge in [-0.25, -0.2) is 18.2 Å².